The van der Waals surface area contributed by atoms with Crippen LogP contribution in [-0.2, 0) is 9.53 Å². The number of hydrogen-bond donors (Lipinski definition) is 0. The van der Waals surface area contributed by atoms with Gasteiger partial charge in [0.2, 0.25) is 0 Å². The molecule has 1 aromatic heterocycles. The third kappa shape index (κ3) is 4.31. The van der Waals surface area contributed by atoms with Gasteiger partial charge in [0, 0.05) is 17.7 Å². The summed E-state index contributed by atoms with van der Waals surface area (Å²) in [6, 6.07) is 2.72. The van der Waals surface area contributed by atoms with Crippen molar-refractivity contribution in [2.75, 3.05) is 7.05 Å². The Bertz CT molecular complexity index is 471. The van der Waals surface area contributed by atoms with Gasteiger partial charge in [-0.15, -0.1) is 0 Å². The van der Waals surface area contributed by atoms with Crippen molar-refractivity contribution < 1.29 is 14.3 Å². The predicted octanol–water partition coefficient (Wildman–Crippen LogP) is 2.95. The van der Waals surface area contributed by atoms with E-state index in [1.165, 1.54) is 11.9 Å². The normalized spacial score (nSPS) is 12.7. The van der Waals surface area contributed by atoms with Crippen LogP contribution in [0.2, 0.25) is 0 Å². The average molecular weight is 329 g/mol. The molecule has 1 amide bonds. The molecule has 0 aliphatic carbocycles. The van der Waals surface area contributed by atoms with Gasteiger partial charge in [0.25, 0.3) is 0 Å². The minimum absolute atomic E-state index is 0.478. The Balaban J connectivity index is 2.95. The Morgan fingerprint density at radius 2 is 2.16 bits per heavy atom. The molecule has 1 heterocycles. The lowest BCUT2D eigenvalue weighted by Crippen LogP contribution is -2.37. The number of aldehydes is 1. The smallest absolute Gasteiger partial charge is 0.410 e. The number of pyridine rings is 1. The van der Waals surface area contributed by atoms with Gasteiger partial charge < -0.3 is 9.53 Å². The number of carbonyl (C=O) groups is 2. The summed E-state index contributed by atoms with van der Waals surface area (Å²) < 4.78 is 5.90. The van der Waals surface area contributed by atoms with E-state index in [1.807, 2.05) is 0 Å². The van der Waals surface area contributed by atoms with Crippen LogP contribution >= 0.6 is 15.9 Å². The van der Waals surface area contributed by atoms with Crippen molar-refractivity contribution in [1.29, 1.82) is 0 Å². The van der Waals surface area contributed by atoms with Crippen LogP contribution in [0.3, 0.4) is 0 Å². The average Bonchev–Trinajstić information content (AvgIpc) is 2.30. The number of halogens is 1. The Morgan fingerprint density at radius 3 is 2.63 bits per heavy atom. The van der Waals surface area contributed by atoms with Gasteiger partial charge in [-0.25, -0.2) is 4.79 Å². The maximum absolute atomic E-state index is 11.9. The Kier molecular flexibility index (Phi) is 5.05. The summed E-state index contributed by atoms with van der Waals surface area (Å²) in [7, 11) is 1.51. The molecule has 0 aliphatic rings. The lowest BCUT2D eigenvalue weighted by Gasteiger charge is -2.28. The van der Waals surface area contributed by atoms with Crippen molar-refractivity contribution in [1.82, 2.24) is 9.88 Å². The van der Waals surface area contributed by atoms with E-state index in [9.17, 15) is 9.59 Å². The number of rotatable bonds is 3. The largest absolute Gasteiger partial charge is 0.444 e. The fraction of sp³-hybridized carbons (Fsp3) is 0.462. The number of likely N-dealkylation sites (N-methyl/N-ethyl adjacent to an activating group) is 1. The summed E-state index contributed by atoms with van der Waals surface area (Å²) in [5.41, 5.74) is -0.133. The molecule has 0 N–H and O–H groups in total. The fourth-order valence-electron chi connectivity index (χ4n) is 1.40. The van der Waals surface area contributed by atoms with Gasteiger partial charge in [-0.3, -0.25) is 9.88 Å². The first-order chi connectivity index (χ1) is 8.76. The summed E-state index contributed by atoms with van der Waals surface area (Å²) in [5.74, 6) is 0. The van der Waals surface area contributed by atoms with Crippen LogP contribution in [0.5, 0.6) is 0 Å². The standard InChI is InChI=1S/C13H17BrN2O3/c1-13(2,3)19-12(18)16(4)10(8-17)11-9(14)6-5-7-15-11/h5-8,10H,1-4H3. The molecule has 0 spiro atoms. The molecule has 0 aliphatic heterocycles. The van der Waals surface area contributed by atoms with Crippen LogP contribution in [0.15, 0.2) is 22.8 Å². The molecular weight excluding hydrogens is 312 g/mol. The molecule has 5 nitrogen and oxygen atoms in total. The number of amides is 1. The van der Waals surface area contributed by atoms with Gasteiger partial charge in [0.1, 0.15) is 17.9 Å². The highest BCUT2D eigenvalue weighted by atomic mass is 79.9. The lowest BCUT2D eigenvalue weighted by molar-refractivity contribution is -0.112. The molecule has 0 bridgehead atoms. The molecule has 104 valence electrons. The van der Waals surface area contributed by atoms with Crippen molar-refractivity contribution in [2.24, 2.45) is 0 Å². The van der Waals surface area contributed by atoms with Crippen molar-refractivity contribution in [2.45, 2.75) is 32.4 Å². The predicted molar refractivity (Wildman–Crippen MR) is 74.7 cm³/mol. The van der Waals surface area contributed by atoms with E-state index in [0.717, 1.165) is 0 Å². The molecule has 1 rings (SSSR count). The van der Waals surface area contributed by atoms with Crippen LogP contribution < -0.4 is 0 Å². The summed E-state index contributed by atoms with van der Waals surface area (Å²) in [5, 5.41) is 0. The Hall–Kier alpha value is -1.43. The van der Waals surface area contributed by atoms with Crippen LogP contribution in [0.1, 0.15) is 32.5 Å². The monoisotopic (exact) mass is 328 g/mol. The van der Waals surface area contributed by atoms with Crippen LogP contribution in [-0.4, -0.2) is 34.9 Å². The van der Waals surface area contributed by atoms with Gasteiger partial charge in [-0.1, -0.05) is 0 Å². The SMILES string of the molecule is CN(C(=O)OC(C)(C)C)C(C=O)c1ncccc1Br. The molecule has 0 saturated heterocycles. The van der Waals surface area contributed by atoms with Gasteiger partial charge in [0.15, 0.2) is 0 Å². The number of aromatic nitrogens is 1. The van der Waals surface area contributed by atoms with Crippen LogP contribution in [0.25, 0.3) is 0 Å². The number of nitrogens with zero attached hydrogens (tertiary/aromatic N) is 2. The maximum atomic E-state index is 11.9. The summed E-state index contributed by atoms with van der Waals surface area (Å²) in [6.45, 7) is 5.31. The molecule has 6 heteroatoms. The topological polar surface area (TPSA) is 59.5 Å². The second-order valence-electron chi connectivity index (χ2n) is 5.04. The minimum Gasteiger partial charge on any atom is -0.444 e. The van der Waals surface area contributed by atoms with Gasteiger partial charge >= 0.3 is 6.09 Å². The summed E-state index contributed by atoms with van der Waals surface area (Å²) >= 11 is 3.32. The Morgan fingerprint density at radius 1 is 1.53 bits per heavy atom. The van der Waals surface area contributed by atoms with Crippen LogP contribution in [0.4, 0.5) is 4.79 Å². The molecule has 0 radical (unpaired) electrons. The van der Waals surface area contributed by atoms with E-state index in [2.05, 4.69) is 20.9 Å². The van der Waals surface area contributed by atoms with Crippen molar-refractivity contribution in [3.8, 4) is 0 Å². The van der Waals surface area contributed by atoms with Crippen LogP contribution in [0, 0.1) is 0 Å². The number of ether oxygens (including phenoxy) is 1. The quantitative estimate of drug-likeness (QED) is 0.800. The third-order valence-electron chi connectivity index (χ3n) is 2.29. The Labute approximate surface area is 121 Å². The van der Waals surface area contributed by atoms with E-state index in [1.54, 1.807) is 39.1 Å². The van der Waals surface area contributed by atoms with E-state index in [-0.39, 0.29) is 0 Å². The second kappa shape index (κ2) is 6.14. The van der Waals surface area contributed by atoms with Crippen molar-refractivity contribution >= 4 is 28.3 Å². The molecular formula is C13H17BrN2O3. The summed E-state index contributed by atoms with van der Waals surface area (Å²) in [4.78, 5) is 28.6. The highest BCUT2D eigenvalue weighted by molar-refractivity contribution is 9.10. The highest BCUT2D eigenvalue weighted by Gasteiger charge is 2.28. The van der Waals surface area contributed by atoms with Crippen molar-refractivity contribution in [3.63, 3.8) is 0 Å². The van der Waals surface area contributed by atoms with E-state index in [0.29, 0.717) is 16.5 Å². The zero-order chi connectivity index (χ0) is 14.6. The zero-order valence-corrected chi connectivity index (χ0v) is 13.0. The highest BCUT2D eigenvalue weighted by Crippen LogP contribution is 2.24. The molecule has 1 atom stereocenters. The maximum Gasteiger partial charge on any atom is 0.410 e. The zero-order valence-electron chi connectivity index (χ0n) is 11.4. The second-order valence-corrected chi connectivity index (χ2v) is 5.90. The molecule has 0 saturated carbocycles. The molecule has 0 fully saturated rings. The lowest BCUT2D eigenvalue weighted by atomic mass is 10.2. The van der Waals surface area contributed by atoms with Gasteiger partial charge in [-0.05, 0) is 48.8 Å². The van der Waals surface area contributed by atoms with E-state index >= 15 is 0 Å². The first kappa shape index (κ1) is 15.6. The molecule has 0 aromatic carbocycles. The van der Waals surface area contributed by atoms with E-state index < -0.39 is 17.7 Å². The number of hydrogen-bond acceptors (Lipinski definition) is 4. The summed E-state index contributed by atoms with van der Waals surface area (Å²) in [6.07, 6.45) is 1.67. The van der Waals surface area contributed by atoms with Gasteiger partial charge in [-0.2, -0.15) is 0 Å². The fourth-order valence-corrected chi connectivity index (χ4v) is 1.89. The third-order valence-corrected chi connectivity index (χ3v) is 2.97. The van der Waals surface area contributed by atoms with Gasteiger partial charge in [0.05, 0.1) is 5.69 Å². The molecule has 1 aromatic rings. The minimum atomic E-state index is -0.787. The molecule has 1 unspecified atom stereocenters. The van der Waals surface area contributed by atoms with E-state index in [4.69, 9.17) is 4.74 Å². The molecule has 19 heavy (non-hydrogen) atoms. The first-order valence-electron chi connectivity index (χ1n) is 5.78. The number of carbonyl (C=O) groups excluding carboxylic acids is 2. The van der Waals surface area contributed by atoms with Crippen molar-refractivity contribution in [3.05, 3.63) is 28.5 Å². The first-order valence-corrected chi connectivity index (χ1v) is 6.57.